The number of hydrogen-bond donors (Lipinski definition) is 0. The number of methoxy groups -OCH3 is 1. The molecule has 22 heavy (non-hydrogen) atoms. The number of hydrogen-bond acceptors (Lipinski definition) is 5. The van der Waals surface area contributed by atoms with Crippen LogP contribution in [0.4, 0.5) is 4.39 Å². The molecule has 1 amide bonds. The summed E-state index contributed by atoms with van der Waals surface area (Å²) in [5.41, 5.74) is 0. The molecule has 1 aliphatic heterocycles. The van der Waals surface area contributed by atoms with Crippen LogP contribution in [0.25, 0.3) is 0 Å². The maximum absolute atomic E-state index is 12.8. The van der Waals surface area contributed by atoms with Crippen LogP contribution in [0.2, 0.25) is 0 Å². The summed E-state index contributed by atoms with van der Waals surface area (Å²) < 4.78 is 22.7. The van der Waals surface area contributed by atoms with Crippen molar-refractivity contribution >= 4 is 23.6 Å². The zero-order valence-corrected chi connectivity index (χ0v) is 13.1. The normalized spacial score (nSPS) is 17.4. The second kappa shape index (κ2) is 8.03. The maximum atomic E-state index is 12.8. The first kappa shape index (κ1) is 16.6. The number of benzene rings is 1. The number of thioether (sulfide) groups is 1. The second-order valence-corrected chi connectivity index (χ2v) is 6.17. The number of nitrogens with zero attached hydrogens (tertiary/aromatic N) is 1. The van der Waals surface area contributed by atoms with E-state index < -0.39 is 0 Å². The highest BCUT2D eigenvalue weighted by atomic mass is 32.2. The van der Waals surface area contributed by atoms with Gasteiger partial charge >= 0.3 is 5.97 Å². The predicted octanol–water partition coefficient (Wildman–Crippen LogP) is 1.71. The van der Waals surface area contributed by atoms with Crippen molar-refractivity contribution < 1.29 is 23.5 Å². The van der Waals surface area contributed by atoms with Crippen molar-refractivity contribution in [3.8, 4) is 5.75 Å². The van der Waals surface area contributed by atoms with E-state index >= 15 is 0 Å². The van der Waals surface area contributed by atoms with E-state index in [4.69, 9.17) is 4.74 Å². The Morgan fingerprint density at radius 3 is 2.77 bits per heavy atom. The van der Waals surface area contributed by atoms with Crippen LogP contribution in [0, 0.1) is 5.82 Å². The second-order valence-electron chi connectivity index (χ2n) is 4.88. The van der Waals surface area contributed by atoms with Gasteiger partial charge in [0.05, 0.1) is 12.9 Å². The van der Waals surface area contributed by atoms with Gasteiger partial charge in [0.2, 0.25) is 0 Å². The molecule has 0 aliphatic carbocycles. The van der Waals surface area contributed by atoms with Crippen LogP contribution in [-0.4, -0.2) is 54.6 Å². The highest BCUT2D eigenvalue weighted by Crippen LogP contribution is 2.23. The van der Waals surface area contributed by atoms with Crippen molar-refractivity contribution in [2.45, 2.75) is 11.7 Å². The third-order valence-corrected chi connectivity index (χ3v) is 4.60. The van der Waals surface area contributed by atoms with Crippen molar-refractivity contribution in [3.05, 3.63) is 30.1 Å². The molecule has 1 saturated heterocycles. The van der Waals surface area contributed by atoms with Crippen LogP contribution >= 0.6 is 11.8 Å². The monoisotopic (exact) mass is 327 g/mol. The van der Waals surface area contributed by atoms with E-state index in [1.165, 1.54) is 43.1 Å². The van der Waals surface area contributed by atoms with E-state index in [-0.39, 0.29) is 29.6 Å². The standard InChI is InChI=1S/C15H18FNO4S/c1-20-15(19)10-22-13-6-7-17(8-13)14(18)9-21-12-4-2-11(16)3-5-12/h2-5,13H,6-10H2,1H3/t13-/m0/s1. The third kappa shape index (κ3) is 4.91. The quantitative estimate of drug-likeness (QED) is 0.745. The van der Waals surface area contributed by atoms with Crippen LogP contribution in [0.3, 0.4) is 0 Å². The van der Waals surface area contributed by atoms with Crippen molar-refractivity contribution in [1.82, 2.24) is 4.90 Å². The Bertz CT molecular complexity index is 523. The highest BCUT2D eigenvalue weighted by Gasteiger charge is 2.27. The Labute approximate surface area is 132 Å². The third-order valence-electron chi connectivity index (χ3n) is 3.34. The van der Waals surface area contributed by atoms with E-state index in [2.05, 4.69) is 4.74 Å². The molecule has 1 aromatic rings. The molecule has 0 saturated carbocycles. The summed E-state index contributed by atoms with van der Waals surface area (Å²) in [6.45, 7) is 1.19. The molecular formula is C15H18FNO4S. The van der Waals surface area contributed by atoms with Crippen LogP contribution in [0.15, 0.2) is 24.3 Å². The van der Waals surface area contributed by atoms with Crippen molar-refractivity contribution in [2.75, 3.05) is 32.6 Å². The molecule has 0 bridgehead atoms. The lowest BCUT2D eigenvalue weighted by molar-refractivity contribution is -0.137. The Balaban J connectivity index is 1.72. The Kier molecular flexibility index (Phi) is 6.06. The fourth-order valence-electron chi connectivity index (χ4n) is 2.10. The summed E-state index contributed by atoms with van der Waals surface area (Å²) >= 11 is 1.50. The Morgan fingerprint density at radius 2 is 2.09 bits per heavy atom. The number of ether oxygens (including phenoxy) is 2. The largest absolute Gasteiger partial charge is 0.484 e. The number of likely N-dealkylation sites (tertiary alicyclic amines) is 1. The van der Waals surface area contributed by atoms with Gasteiger partial charge in [0.15, 0.2) is 6.61 Å². The Hall–Kier alpha value is -1.76. The smallest absolute Gasteiger partial charge is 0.315 e. The molecule has 0 aromatic heterocycles. The van der Waals surface area contributed by atoms with E-state index in [9.17, 15) is 14.0 Å². The van der Waals surface area contributed by atoms with Crippen LogP contribution in [-0.2, 0) is 14.3 Å². The number of amides is 1. The first-order chi connectivity index (χ1) is 10.6. The zero-order valence-electron chi connectivity index (χ0n) is 12.3. The van der Waals surface area contributed by atoms with Crippen molar-refractivity contribution in [1.29, 1.82) is 0 Å². The summed E-state index contributed by atoms with van der Waals surface area (Å²) in [6, 6.07) is 5.55. The predicted molar refractivity (Wildman–Crippen MR) is 81.4 cm³/mol. The molecule has 1 fully saturated rings. The number of rotatable bonds is 6. The number of carbonyl (C=O) groups excluding carboxylic acids is 2. The van der Waals surface area contributed by atoms with Crippen molar-refractivity contribution in [3.63, 3.8) is 0 Å². The molecule has 0 radical (unpaired) electrons. The summed E-state index contributed by atoms with van der Waals surface area (Å²) in [5.74, 6) is 0.0594. The number of carbonyl (C=O) groups is 2. The number of halogens is 1. The van der Waals surface area contributed by atoms with Crippen LogP contribution in [0.1, 0.15) is 6.42 Å². The topological polar surface area (TPSA) is 55.8 Å². The lowest BCUT2D eigenvalue weighted by Gasteiger charge is -2.16. The summed E-state index contributed by atoms with van der Waals surface area (Å²) in [6.07, 6.45) is 0.851. The molecule has 0 unspecified atom stereocenters. The van der Waals surface area contributed by atoms with Crippen LogP contribution < -0.4 is 4.74 Å². The average Bonchev–Trinajstić information content (AvgIpc) is 3.00. The van der Waals surface area contributed by atoms with E-state index in [1.54, 1.807) is 4.90 Å². The maximum Gasteiger partial charge on any atom is 0.315 e. The SMILES string of the molecule is COC(=O)CS[C@H]1CCN(C(=O)COc2ccc(F)cc2)C1. The van der Waals surface area contributed by atoms with Crippen molar-refractivity contribution in [2.24, 2.45) is 0 Å². The zero-order chi connectivity index (χ0) is 15.9. The molecule has 1 aromatic carbocycles. The fraction of sp³-hybridized carbons (Fsp3) is 0.467. The number of esters is 1. The molecule has 2 rings (SSSR count). The van der Waals surface area contributed by atoms with Gasteiger partial charge in [0.1, 0.15) is 11.6 Å². The van der Waals surface area contributed by atoms with E-state index in [1.807, 2.05) is 0 Å². The minimum Gasteiger partial charge on any atom is -0.484 e. The van der Waals surface area contributed by atoms with E-state index in [0.29, 0.717) is 24.6 Å². The molecule has 5 nitrogen and oxygen atoms in total. The van der Waals surface area contributed by atoms with Gasteiger partial charge in [-0.1, -0.05) is 0 Å². The minimum absolute atomic E-state index is 0.0694. The molecule has 1 heterocycles. The molecular weight excluding hydrogens is 309 g/mol. The molecule has 1 aliphatic rings. The van der Waals surface area contributed by atoms with Gasteiger partial charge < -0.3 is 14.4 Å². The summed E-state index contributed by atoms with van der Waals surface area (Å²) in [4.78, 5) is 24.9. The van der Waals surface area contributed by atoms with Crippen LogP contribution in [0.5, 0.6) is 5.75 Å². The van der Waals surface area contributed by atoms with Gasteiger partial charge in [-0.2, -0.15) is 0 Å². The lowest BCUT2D eigenvalue weighted by Crippen LogP contribution is -2.33. The average molecular weight is 327 g/mol. The molecule has 0 N–H and O–H groups in total. The van der Waals surface area contributed by atoms with Gasteiger partial charge in [-0.3, -0.25) is 9.59 Å². The van der Waals surface area contributed by atoms with Gasteiger partial charge in [-0.15, -0.1) is 11.8 Å². The lowest BCUT2D eigenvalue weighted by atomic mass is 10.3. The van der Waals surface area contributed by atoms with E-state index in [0.717, 1.165) is 6.42 Å². The molecule has 120 valence electrons. The minimum atomic E-state index is -0.344. The first-order valence-corrected chi connectivity index (χ1v) is 7.98. The molecule has 1 atom stereocenters. The Morgan fingerprint density at radius 1 is 1.36 bits per heavy atom. The molecule has 0 spiro atoms. The summed E-state index contributed by atoms with van der Waals surface area (Å²) in [7, 11) is 1.36. The van der Waals surface area contributed by atoms with Gasteiger partial charge in [0, 0.05) is 18.3 Å². The first-order valence-electron chi connectivity index (χ1n) is 6.93. The van der Waals surface area contributed by atoms with Gasteiger partial charge in [0.25, 0.3) is 5.91 Å². The fourth-order valence-corrected chi connectivity index (χ4v) is 3.15. The van der Waals surface area contributed by atoms with Gasteiger partial charge in [-0.25, -0.2) is 4.39 Å². The summed E-state index contributed by atoms with van der Waals surface area (Å²) in [5, 5.41) is 0.244. The van der Waals surface area contributed by atoms with Gasteiger partial charge in [-0.05, 0) is 30.7 Å². The highest BCUT2D eigenvalue weighted by molar-refractivity contribution is 8.00. The molecule has 7 heteroatoms.